The Balaban J connectivity index is 1.57. The number of H-pyrrole nitrogens is 1. The lowest BCUT2D eigenvalue weighted by Crippen LogP contribution is -2.31. The number of aryl methyl sites for hydroxylation is 1. The molecule has 7 heteroatoms. The molecule has 1 aliphatic heterocycles. The summed E-state index contributed by atoms with van der Waals surface area (Å²) in [6, 6.07) is 9.88. The Morgan fingerprint density at radius 1 is 1.21 bits per heavy atom. The lowest BCUT2D eigenvalue weighted by Gasteiger charge is -2.31. The maximum atomic E-state index is 12.0. The van der Waals surface area contributed by atoms with Gasteiger partial charge in [0.15, 0.2) is 0 Å². The first-order valence-corrected chi connectivity index (χ1v) is 9.59. The molecule has 7 nitrogen and oxygen atoms in total. The Bertz CT molecular complexity index is 1130. The van der Waals surface area contributed by atoms with Gasteiger partial charge in [-0.05, 0) is 49.6 Å². The number of carbonyl (C=O) groups is 1. The van der Waals surface area contributed by atoms with Crippen LogP contribution in [0.3, 0.4) is 0 Å². The Labute approximate surface area is 168 Å². The molecule has 0 bridgehead atoms. The standard InChI is InChI=1S/C22H23N5O2/c1-13-14(2)24-21(26-22(13)29)16-7-8-20(23-11-16)27-10-9-18-17(12-27)5-4-6-19(18)25-15(3)28/h4-8,11H,9-10,12H2,1-3H3,(H,25,28)(H,24,26,29). The Hall–Kier alpha value is -3.48. The number of nitrogens with zero attached hydrogens (tertiary/aromatic N) is 3. The van der Waals surface area contributed by atoms with E-state index in [1.807, 2.05) is 31.2 Å². The third-order valence-electron chi connectivity index (χ3n) is 5.32. The number of nitrogens with one attached hydrogen (secondary N) is 2. The molecular weight excluding hydrogens is 366 g/mol. The number of anilines is 2. The van der Waals surface area contributed by atoms with Crippen molar-refractivity contribution in [3.63, 3.8) is 0 Å². The molecule has 1 aliphatic rings. The largest absolute Gasteiger partial charge is 0.352 e. The van der Waals surface area contributed by atoms with E-state index < -0.39 is 0 Å². The first-order chi connectivity index (χ1) is 13.9. The molecule has 0 saturated heterocycles. The summed E-state index contributed by atoms with van der Waals surface area (Å²) in [6.07, 6.45) is 2.58. The highest BCUT2D eigenvalue weighted by molar-refractivity contribution is 5.89. The van der Waals surface area contributed by atoms with Crippen molar-refractivity contribution >= 4 is 17.4 Å². The zero-order valence-corrected chi connectivity index (χ0v) is 16.7. The number of benzene rings is 1. The molecule has 148 valence electrons. The van der Waals surface area contributed by atoms with Crippen LogP contribution >= 0.6 is 0 Å². The van der Waals surface area contributed by atoms with Crippen molar-refractivity contribution in [2.45, 2.75) is 33.7 Å². The molecule has 0 spiro atoms. The molecule has 2 N–H and O–H groups in total. The van der Waals surface area contributed by atoms with Gasteiger partial charge in [0.1, 0.15) is 11.6 Å². The minimum Gasteiger partial charge on any atom is -0.352 e. The molecule has 0 unspecified atom stereocenters. The monoisotopic (exact) mass is 389 g/mol. The lowest BCUT2D eigenvalue weighted by molar-refractivity contribution is -0.114. The molecule has 1 amide bonds. The van der Waals surface area contributed by atoms with Crippen molar-refractivity contribution in [2.24, 2.45) is 0 Å². The maximum Gasteiger partial charge on any atom is 0.254 e. The zero-order chi connectivity index (χ0) is 20.5. The van der Waals surface area contributed by atoms with Crippen LogP contribution in [0, 0.1) is 13.8 Å². The second-order valence-electron chi connectivity index (χ2n) is 7.33. The number of carbonyl (C=O) groups excluding carboxylic acids is 1. The number of aromatic nitrogens is 3. The van der Waals surface area contributed by atoms with E-state index in [1.165, 1.54) is 18.1 Å². The summed E-state index contributed by atoms with van der Waals surface area (Å²) in [6.45, 7) is 6.66. The Kier molecular flexibility index (Phi) is 4.88. The molecular formula is C22H23N5O2. The second kappa shape index (κ2) is 7.50. The summed E-state index contributed by atoms with van der Waals surface area (Å²) in [7, 11) is 0. The quantitative estimate of drug-likeness (QED) is 0.719. The smallest absolute Gasteiger partial charge is 0.254 e. The number of aromatic amines is 1. The van der Waals surface area contributed by atoms with Crippen molar-refractivity contribution in [1.29, 1.82) is 0 Å². The van der Waals surface area contributed by atoms with Gasteiger partial charge in [-0.1, -0.05) is 12.1 Å². The van der Waals surface area contributed by atoms with E-state index in [9.17, 15) is 9.59 Å². The summed E-state index contributed by atoms with van der Waals surface area (Å²) in [5, 5.41) is 2.92. The van der Waals surface area contributed by atoms with Crippen molar-refractivity contribution < 1.29 is 4.79 Å². The molecule has 0 fully saturated rings. The van der Waals surface area contributed by atoms with Crippen molar-refractivity contribution in [3.8, 4) is 11.4 Å². The minimum absolute atomic E-state index is 0.0592. The molecule has 1 aromatic carbocycles. The van der Waals surface area contributed by atoms with Gasteiger partial charge < -0.3 is 15.2 Å². The second-order valence-corrected chi connectivity index (χ2v) is 7.33. The van der Waals surface area contributed by atoms with Crippen LogP contribution < -0.4 is 15.8 Å². The van der Waals surface area contributed by atoms with Gasteiger partial charge in [0, 0.05) is 48.7 Å². The molecule has 29 heavy (non-hydrogen) atoms. The van der Waals surface area contributed by atoms with Crippen molar-refractivity contribution in [3.05, 3.63) is 69.3 Å². The van der Waals surface area contributed by atoms with Gasteiger partial charge in [0.25, 0.3) is 5.56 Å². The van der Waals surface area contributed by atoms with Crippen molar-refractivity contribution in [1.82, 2.24) is 15.0 Å². The van der Waals surface area contributed by atoms with Crippen LogP contribution in [0.5, 0.6) is 0 Å². The summed E-state index contributed by atoms with van der Waals surface area (Å²) in [5.41, 5.74) is 5.27. The lowest BCUT2D eigenvalue weighted by atomic mass is 9.97. The van der Waals surface area contributed by atoms with E-state index in [4.69, 9.17) is 0 Å². The molecule has 3 heterocycles. The molecule has 0 atom stereocenters. The fourth-order valence-electron chi connectivity index (χ4n) is 3.61. The summed E-state index contributed by atoms with van der Waals surface area (Å²) in [4.78, 5) is 37.5. The summed E-state index contributed by atoms with van der Waals surface area (Å²) < 4.78 is 0. The van der Waals surface area contributed by atoms with Gasteiger partial charge >= 0.3 is 0 Å². The Morgan fingerprint density at radius 3 is 2.72 bits per heavy atom. The topological polar surface area (TPSA) is 91.0 Å². The van der Waals surface area contributed by atoms with E-state index in [0.717, 1.165) is 42.3 Å². The van der Waals surface area contributed by atoms with Gasteiger partial charge in [-0.25, -0.2) is 9.97 Å². The highest BCUT2D eigenvalue weighted by Gasteiger charge is 2.20. The van der Waals surface area contributed by atoms with Crippen LogP contribution in [0.15, 0.2) is 41.3 Å². The number of rotatable bonds is 3. The van der Waals surface area contributed by atoms with Crippen LogP contribution in [0.25, 0.3) is 11.4 Å². The number of hydrogen-bond donors (Lipinski definition) is 2. The highest BCUT2D eigenvalue weighted by Crippen LogP contribution is 2.29. The molecule has 0 radical (unpaired) electrons. The number of hydrogen-bond acceptors (Lipinski definition) is 5. The van der Waals surface area contributed by atoms with Crippen LogP contribution in [0.4, 0.5) is 11.5 Å². The van der Waals surface area contributed by atoms with Gasteiger partial charge in [0.05, 0.1) is 0 Å². The van der Waals surface area contributed by atoms with Gasteiger partial charge in [-0.2, -0.15) is 0 Å². The average Bonchev–Trinajstić information content (AvgIpc) is 2.71. The van der Waals surface area contributed by atoms with Crippen LogP contribution in [-0.2, 0) is 17.8 Å². The molecule has 3 aromatic rings. The number of pyridine rings is 1. The highest BCUT2D eigenvalue weighted by atomic mass is 16.1. The normalized spacial score (nSPS) is 13.1. The summed E-state index contributed by atoms with van der Waals surface area (Å²) >= 11 is 0. The number of amides is 1. The molecule has 2 aromatic heterocycles. The maximum absolute atomic E-state index is 12.0. The first-order valence-electron chi connectivity index (χ1n) is 9.59. The van der Waals surface area contributed by atoms with Crippen molar-refractivity contribution in [2.75, 3.05) is 16.8 Å². The predicted molar refractivity (Wildman–Crippen MR) is 113 cm³/mol. The third kappa shape index (κ3) is 3.76. The SMILES string of the molecule is CC(=O)Nc1cccc2c1CCN(c1ccc(-c3nc(C)c(C)c(=O)[nH]3)cn1)C2. The first kappa shape index (κ1) is 18.9. The van der Waals surface area contributed by atoms with Crippen LogP contribution in [0.2, 0.25) is 0 Å². The predicted octanol–water partition coefficient (Wildman–Crippen LogP) is 2.97. The van der Waals surface area contributed by atoms with Crippen LogP contribution in [0.1, 0.15) is 29.3 Å². The van der Waals surface area contributed by atoms with E-state index >= 15 is 0 Å². The summed E-state index contributed by atoms with van der Waals surface area (Å²) in [5.74, 6) is 1.34. The fourth-order valence-corrected chi connectivity index (χ4v) is 3.61. The van der Waals surface area contributed by atoms with Crippen LogP contribution in [-0.4, -0.2) is 27.4 Å². The van der Waals surface area contributed by atoms with Gasteiger partial charge in [-0.15, -0.1) is 0 Å². The fraction of sp³-hybridized carbons (Fsp3) is 0.273. The molecule has 4 rings (SSSR count). The van der Waals surface area contributed by atoms with Gasteiger partial charge in [0.2, 0.25) is 5.91 Å². The number of fused-ring (bicyclic) bond motifs is 1. The van der Waals surface area contributed by atoms with E-state index in [0.29, 0.717) is 11.4 Å². The van der Waals surface area contributed by atoms with E-state index in [-0.39, 0.29) is 11.5 Å². The molecule has 0 aliphatic carbocycles. The van der Waals surface area contributed by atoms with E-state index in [1.54, 1.807) is 13.1 Å². The Morgan fingerprint density at radius 2 is 2.03 bits per heavy atom. The van der Waals surface area contributed by atoms with E-state index in [2.05, 4.69) is 31.2 Å². The molecule has 0 saturated carbocycles. The minimum atomic E-state index is -0.126. The average molecular weight is 389 g/mol. The zero-order valence-electron chi connectivity index (χ0n) is 16.7. The third-order valence-corrected chi connectivity index (χ3v) is 5.32. The van der Waals surface area contributed by atoms with Gasteiger partial charge in [-0.3, -0.25) is 9.59 Å².